The Morgan fingerprint density at radius 2 is 1.97 bits per heavy atom. The summed E-state index contributed by atoms with van der Waals surface area (Å²) in [5.74, 6) is 0.222. The highest BCUT2D eigenvalue weighted by atomic mass is 32.2. The van der Waals surface area contributed by atoms with Gasteiger partial charge in [0.1, 0.15) is 0 Å². The van der Waals surface area contributed by atoms with Crippen molar-refractivity contribution < 1.29 is 17.9 Å². The van der Waals surface area contributed by atoms with Crippen LogP contribution >= 0.6 is 0 Å². The number of amides is 1. The van der Waals surface area contributed by atoms with Gasteiger partial charge >= 0.3 is 0 Å². The Balaban J connectivity index is 1.56. The van der Waals surface area contributed by atoms with E-state index in [1.165, 1.54) is 5.56 Å². The summed E-state index contributed by atoms with van der Waals surface area (Å²) in [5, 5.41) is 6.60. The number of methoxy groups -OCH3 is 1. The highest BCUT2D eigenvalue weighted by Crippen LogP contribution is 2.44. The molecule has 2 aromatic rings. The van der Waals surface area contributed by atoms with E-state index in [9.17, 15) is 13.2 Å². The molecule has 4 rings (SSSR count). The Morgan fingerprint density at radius 1 is 1.20 bits per heavy atom. The van der Waals surface area contributed by atoms with Crippen LogP contribution in [0.2, 0.25) is 0 Å². The van der Waals surface area contributed by atoms with Crippen molar-refractivity contribution in [3.8, 4) is 11.1 Å². The number of piperidine rings is 1. The summed E-state index contributed by atoms with van der Waals surface area (Å²) in [6, 6.07) is 12.3. The molecule has 0 radical (unpaired) electrons. The fourth-order valence-electron chi connectivity index (χ4n) is 5.39. The maximum absolute atomic E-state index is 12.7. The molecule has 0 saturated carbocycles. The number of nitrogens with zero attached hydrogens (tertiary/aromatic N) is 1. The Kier molecular flexibility index (Phi) is 8.11. The SMILES string of the molecule is CNCc1cccc(-c2cc(C(N)=O)c3c(c2)C(C2CCN(S(=O)(=O)CCCOC)CC2)CN3)c1. The average Bonchev–Trinajstić information content (AvgIpc) is 3.28. The molecule has 2 heterocycles. The summed E-state index contributed by atoms with van der Waals surface area (Å²) >= 11 is 0. The third-order valence-electron chi connectivity index (χ3n) is 7.19. The molecule has 1 fully saturated rings. The monoisotopic (exact) mass is 500 g/mol. The Hall–Kier alpha value is -2.46. The summed E-state index contributed by atoms with van der Waals surface area (Å²) in [6.45, 7) is 2.99. The summed E-state index contributed by atoms with van der Waals surface area (Å²) in [5.41, 5.74) is 11.4. The molecule has 9 heteroatoms. The number of rotatable bonds is 10. The van der Waals surface area contributed by atoms with Gasteiger partial charge in [-0.1, -0.05) is 18.2 Å². The van der Waals surface area contributed by atoms with Crippen LogP contribution in [0.4, 0.5) is 5.69 Å². The van der Waals surface area contributed by atoms with Crippen molar-refractivity contribution in [2.75, 3.05) is 51.5 Å². The molecule has 0 spiro atoms. The van der Waals surface area contributed by atoms with E-state index in [1.807, 2.05) is 19.2 Å². The summed E-state index contributed by atoms with van der Waals surface area (Å²) < 4.78 is 32.0. The first kappa shape index (κ1) is 25.6. The minimum Gasteiger partial charge on any atom is -0.385 e. The number of hydrogen-bond donors (Lipinski definition) is 3. The highest BCUT2D eigenvalue weighted by Gasteiger charge is 2.36. The van der Waals surface area contributed by atoms with E-state index >= 15 is 0 Å². The van der Waals surface area contributed by atoms with Gasteiger partial charge in [-0.15, -0.1) is 0 Å². The van der Waals surface area contributed by atoms with Gasteiger partial charge in [0.05, 0.1) is 17.0 Å². The zero-order valence-electron chi connectivity index (χ0n) is 20.5. The molecule has 2 aliphatic heterocycles. The second-order valence-corrected chi connectivity index (χ2v) is 11.6. The number of nitrogens with one attached hydrogen (secondary N) is 2. The van der Waals surface area contributed by atoms with Crippen molar-refractivity contribution in [3.63, 3.8) is 0 Å². The van der Waals surface area contributed by atoms with Gasteiger partial charge in [0, 0.05) is 45.8 Å². The van der Waals surface area contributed by atoms with Gasteiger partial charge in [-0.3, -0.25) is 4.79 Å². The molecule has 1 atom stereocenters. The molecule has 4 N–H and O–H groups in total. The molecule has 2 aliphatic rings. The van der Waals surface area contributed by atoms with Crippen LogP contribution in [-0.4, -0.2) is 64.8 Å². The first-order chi connectivity index (χ1) is 16.8. The number of benzene rings is 2. The van der Waals surface area contributed by atoms with E-state index in [2.05, 4.69) is 34.9 Å². The van der Waals surface area contributed by atoms with Crippen molar-refractivity contribution in [1.82, 2.24) is 9.62 Å². The van der Waals surface area contributed by atoms with Gasteiger partial charge in [0.2, 0.25) is 10.0 Å². The van der Waals surface area contributed by atoms with Crippen LogP contribution < -0.4 is 16.4 Å². The van der Waals surface area contributed by atoms with Gasteiger partial charge in [0.25, 0.3) is 5.91 Å². The van der Waals surface area contributed by atoms with Crippen LogP contribution in [0.1, 0.15) is 46.7 Å². The molecule has 35 heavy (non-hydrogen) atoms. The topological polar surface area (TPSA) is 114 Å². The summed E-state index contributed by atoms with van der Waals surface area (Å²) in [4.78, 5) is 12.3. The number of ether oxygens (including phenoxy) is 1. The lowest BCUT2D eigenvalue weighted by atomic mass is 9.80. The molecule has 1 amide bonds. The molecular formula is C26H36N4O4S. The van der Waals surface area contributed by atoms with Crippen LogP contribution in [0.25, 0.3) is 11.1 Å². The first-order valence-electron chi connectivity index (χ1n) is 12.3. The smallest absolute Gasteiger partial charge is 0.250 e. The Bertz CT molecular complexity index is 1160. The number of nitrogens with two attached hydrogens (primary N) is 1. The quantitative estimate of drug-likeness (QED) is 0.432. The number of anilines is 1. The van der Waals surface area contributed by atoms with Gasteiger partial charge < -0.3 is 21.1 Å². The predicted octanol–water partition coefficient (Wildman–Crippen LogP) is 2.76. The number of sulfonamides is 1. The standard InChI is InChI=1S/C26H36N4O4S/c1-28-16-18-5-3-6-20(13-18)21-14-22-24(17-29-25(22)23(15-21)26(27)31)19-7-9-30(10-8-19)35(32,33)12-4-11-34-2/h3,5-6,13-15,19,24,28-29H,4,7-12,16-17H2,1-2H3,(H2,27,31). The van der Waals surface area contributed by atoms with E-state index in [1.54, 1.807) is 11.4 Å². The molecule has 2 aromatic carbocycles. The predicted molar refractivity (Wildman–Crippen MR) is 139 cm³/mol. The van der Waals surface area contributed by atoms with E-state index in [-0.39, 0.29) is 11.7 Å². The lowest BCUT2D eigenvalue weighted by Crippen LogP contribution is -2.41. The van der Waals surface area contributed by atoms with Crippen LogP contribution in [0.3, 0.4) is 0 Å². The van der Waals surface area contributed by atoms with Crippen molar-refractivity contribution in [3.05, 3.63) is 53.1 Å². The maximum atomic E-state index is 12.7. The average molecular weight is 501 g/mol. The number of fused-ring (bicyclic) bond motifs is 1. The highest BCUT2D eigenvalue weighted by molar-refractivity contribution is 7.89. The van der Waals surface area contributed by atoms with Crippen LogP contribution in [0.15, 0.2) is 36.4 Å². The number of carbonyl (C=O) groups is 1. The fraction of sp³-hybridized carbons (Fsp3) is 0.500. The molecular weight excluding hydrogens is 464 g/mol. The lowest BCUT2D eigenvalue weighted by Gasteiger charge is -2.34. The first-order valence-corrected chi connectivity index (χ1v) is 13.9. The molecule has 8 nitrogen and oxygen atoms in total. The summed E-state index contributed by atoms with van der Waals surface area (Å²) in [7, 11) is 0.238. The van der Waals surface area contributed by atoms with Crippen molar-refractivity contribution in [1.29, 1.82) is 0 Å². The number of carbonyl (C=O) groups excluding carboxylic acids is 1. The van der Waals surface area contributed by atoms with E-state index < -0.39 is 15.9 Å². The largest absolute Gasteiger partial charge is 0.385 e. The summed E-state index contributed by atoms with van der Waals surface area (Å²) in [6.07, 6.45) is 2.10. The van der Waals surface area contributed by atoms with E-state index in [0.29, 0.717) is 37.6 Å². The second-order valence-electron chi connectivity index (χ2n) is 9.47. The van der Waals surface area contributed by atoms with Crippen molar-refractivity contribution in [2.24, 2.45) is 11.7 Å². The normalized spacial score (nSPS) is 18.9. The molecule has 1 unspecified atom stereocenters. The minimum atomic E-state index is -3.26. The Morgan fingerprint density at radius 3 is 2.66 bits per heavy atom. The Labute approximate surface area is 208 Å². The van der Waals surface area contributed by atoms with Gasteiger partial charge in [-0.05, 0) is 72.7 Å². The molecule has 1 saturated heterocycles. The zero-order valence-corrected chi connectivity index (χ0v) is 21.4. The van der Waals surface area contributed by atoms with Crippen LogP contribution in [0, 0.1) is 5.92 Å². The molecule has 0 aliphatic carbocycles. The maximum Gasteiger partial charge on any atom is 0.250 e. The van der Waals surface area contributed by atoms with Gasteiger partial charge in [-0.25, -0.2) is 12.7 Å². The third-order valence-corrected chi connectivity index (χ3v) is 9.14. The van der Waals surface area contributed by atoms with Crippen LogP contribution in [0.5, 0.6) is 0 Å². The van der Waals surface area contributed by atoms with Gasteiger partial charge in [-0.2, -0.15) is 0 Å². The van der Waals surface area contributed by atoms with Gasteiger partial charge in [0.15, 0.2) is 0 Å². The molecule has 0 bridgehead atoms. The third kappa shape index (κ3) is 5.69. The number of primary amides is 1. The van der Waals surface area contributed by atoms with Crippen LogP contribution in [-0.2, 0) is 21.3 Å². The van der Waals surface area contributed by atoms with E-state index in [4.69, 9.17) is 10.5 Å². The van der Waals surface area contributed by atoms with Crippen molar-refractivity contribution in [2.45, 2.75) is 31.7 Å². The lowest BCUT2D eigenvalue weighted by molar-refractivity contribution is 0.100. The number of hydrogen-bond acceptors (Lipinski definition) is 6. The molecule has 0 aromatic heterocycles. The molecule has 190 valence electrons. The fourth-order valence-corrected chi connectivity index (χ4v) is 6.90. The van der Waals surface area contributed by atoms with E-state index in [0.717, 1.165) is 48.3 Å². The van der Waals surface area contributed by atoms with Crippen molar-refractivity contribution >= 4 is 21.6 Å². The zero-order chi connectivity index (χ0) is 25.0. The minimum absolute atomic E-state index is 0.122. The second kappa shape index (κ2) is 11.1.